The summed E-state index contributed by atoms with van der Waals surface area (Å²) in [5, 5.41) is 3.28. The summed E-state index contributed by atoms with van der Waals surface area (Å²) in [7, 11) is 1.60. The molecule has 0 aliphatic rings. The fourth-order valence-electron chi connectivity index (χ4n) is 1.59. The van der Waals surface area contributed by atoms with Crippen LogP contribution in [0.1, 0.15) is 5.56 Å². The quantitative estimate of drug-likeness (QED) is 0.871. The van der Waals surface area contributed by atoms with Gasteiger partial charge in [-0.2, -0.15) is 0 Å². The normalized spacial score (nSPS) is 9.83. The molecule has 3 heteroatoms. The van der Waals surface area contributed by atoms with Crippen LogP contribution in [-0.2, 0) is 0 Å². The molecule has 0 atom stereocenters. The lowest BCUT2D eigenvalue weighted by molar-refractivity contribution is 0.398. The van der Waals surface area contributed by atoms with E-state index in [4.69, 9.17) is 4.74 Å². The van der Waals surface area contributed by atoms with Gasteiger partial charge in [-0.1, -0.05) is 36.9 Å². The van der Waals surface area contributed by atoms with Crippen molar-refractivity contribution in [1.29, 1.82) is 0 Å². The van der Waals surface area contributed by atoms with Crippen LogP contribution in [0.25, 0.3) is 5.57 Å². The second-order valence-electron chi connectivity index (χ2n) is 3.91. The number of hydrogen-bond donors (Lipinski definition) is 1. The van der Waals surface area contributed by atoms with E-state index >= 15 is 0 Å². The molecule has 18 heavy (non-hydrogen) atoms. The SMILES string of the molecule is C=C(CNc1ccc(OC)nc1)c1ccccc1. The summed E-state index contributed by atoms with van der Waals surface area (Å²) >= 11 is 0. The molecule has 0 fully saturated rings. The van der Waals surface area contributed by atoms with Crippen molar-refractivity contribution in [2.24, 2.45) is 0 Å². The molecule has 0 amide bonds. The lowest BCUT2D eigenvalue weighted by atomic mass is 10.1. The summed E-state index contributed by atoms with van der Waals surface area (Å²) < 4.78 is 5.01. The number of pyridine rings is 1. The van der Waals surface area contributed by atoms with Gasteiger partial charge in [0, 0.05) is 12.6 Å². The minimum Gasteiger partial charge on any atom is -0.481 e. The predicted molar refractivity (Wildman–Crippen MR) is 74.8 cm³/mol. The molecule has 92 valence electrons. The van der Waals surface area contributed by atoms with Crippen molar-refractivity contribution >= 4 is 11.3 Å². The van der Waals surface area contributed by atoms with E-state index in [0.717, 1.165) is 16.8 Å². The van der Waals surface area contributed by atoms with Crippen LogP contribution in [0.5, 0.6) is 5.88 Å². The van der Waals surface area contributed by atoms with Gasteiger partial charge < -0.3 is 10.1 Å². The predicted octanol–water partition coefficient (Wildman–Crippen LogP) is 3.22. The maximum absolute atomic E-state index is 5.01. The molecule has 1 N–H and O–H groups in total. The van der Waals surface area contributed by atoms with Gasteiger partial charge in [0.15, 0.2) is 0 Å². The standard InChI is InChI=1S/C15H16N2O/c1-12(13-6-4-3-5-7-13)10-16-14-8-9-15(18-2)17-11-14/h3-9,11,16H,1,10H2,2H3. The molecule has 1 aromatic carbocycles. The molecule has 0 bridgehead atoms. The van der Waals surface area contributed by atoms with Gasteiger partial charge in [0.2, 0.25) is 5.88 Å². The van der Waals surface area contributed by atoms with E-state index in [2.05, 4.69) is 29.0 Å². The highest BCUT2D eigenvalue weighted by Gasteiger charge is 1.99. The first-order chi connectivity index (χ1) is 8.79. The zero-order chi connectivity index (χ0) is 12.8. The number of aromatic nitrogens is 1. The van der Waals surface area contributed by atoms with Gasteiger partial charge in [-0.15, -0.1) is 0 Å². The monoisotopic (exact) mass is 240 g/mol. The summed E-state index contributed by atoms with van der Waals surface area (Å²) in [6.45, 7) is 4.76. The van der Waals surface area contributed by atoms with Gasteiger partial charge in [0.1, 0.15) is 0 Å². The third kappa shape index (κ3) is 3.10. The Morgan fingerprint density at radius 1 is 1.22 bits per heavy atom. The fraction of sp³-hybridized carbons (Fsp3) is 0.133. The van der Waals surface area contributed by atoms with Crippen LogP contribution in [-0.4, -0.2) is 18.6 Å². The van der Waals surface area contributed by atoms with Crippen molar-refractivity contribution in [3.63, 3.8) is 0 Å². The molecule has 0 aliphatic heterocycles. The van der Waals surface area contributed by atoms with Crippen LogP contribution >= 0.6 is 0 Å². The summed E-state index contributed by atoms with van der Waals surface area (Å²) in [5.41, 5.74) is 3.14. The number of benzene rings is 1. The highest BCUT2D eigenvalue weighted by atomic mass is 16.5. The Morgan fingerprint density at radius 3 is 2.61 bits per heavy atom. The Labute approximate surface area is 107 Å². The van der Waals surface area contributed by atoms with Crippen molar-refractivity contribution in [2.45, 2.75) is 0 Å². The van der Waals surface area contributed by atoms with Crippen molar-refractivity contribution < 1.29 is 4.74 Å². The molecule has 0 unspecified atom stereocenters. The number of methoxy groups -OCH3 is 1. The van der Waals surface area contributed by atoms with E-state index in [-0.39, 0.29) is 0 Å². The number of ether oxygens (including phenoxy) is 1. The van der Waals surface area contributed by atoms with Gasteiger partial charge in [0.05, 0.1) is 19.0 Å². The number of rotatable bonds is 5. The molecular weight excluding hydrogens is 224 g/mol. The topological polar surface area (TPSA) is 34.1 Å². The molecule has 1 heterocycles. The molecule has 1 aromatic heterocycles. The molecule has 3 nitrogen and oxygen atoms in total. The van der Waals surface area contributed by atoms with Crippen LogP contribution in [0.15, 0.2) is 55.2 Å². The second-order valence-corrected chi connectivity index (χ2v) is 3.91. The molecule has 0 saturated heterocycles. The molecule has 0 radical (unpaired) electrons. The Bertz CT molecular complexity index is 506. The Morgan fingerprint density at radius 2 is 2.00 bits per heavy atom. The van der Waals surface area contributed by atoms with Crippen LogP contribution in [0.2, 0.25) is 0 Å². The van der Waals surface area contributed by atoms with Gasteiger partial charge >= 0.3 is 0 Å². The summed E-state index contributed by atoms with van der Waals surface area (Å²) in [6, 6.07) is 13.9. The first-order valence-corrected chi connectivity index (χ1v) is 5.76. The largest absolute Gasteiger partial charge is 0.481 e. The smallest absolute Gasteiger partial charge is 0.213 e. The number of anilines is 1. The summed E-state index contributed by atoms with van der Waals surface area (Å²) in [4.78, 5) is 4.13. The first-order valence-electron chi connectivity index (χ1n) is 5.76. The van der Waals surface area contributed by atoms with Gasteiger partial charge in [-0.25, -0.2) is 4.98 Å². The van der Waals surface area contributed by atoms with E-state index in [0.29, 0.717) is 12.4 Å². The van der Waals surface area contributed by atoms with Gasteiger partial charge in [-0.05, 0) is 17.2 Å². The Balaban J connectivity index is 1.93. The molecule has 2 aromatic rings. The third-order valence-corrected chi connectivity index (χ3v) is 2.63. The molecule has 0 saturated carbocycles. The molecule has 0 aliphatic carbocycles. The Kier molecular flexibility index (Phi) is 3.97. The zero-order valence-electron chi connectivity index (χ0n) is 10.4. The number of nitrogens with one attached hydrogen (secondary N) is 1. The minimum atomic E-state index is 0.613. The van der Waals surface area contributed by atoms with E-state index < -0.39 is 0 Å². The highest BCUT2D eigenvalue weighted by molar-refractivity contribution is 5.67. The van der Waals surface area contributed by atoms with E-state index in [1.807, 2.05) is 30.3 Å². The van der Waals surface area contributed by atoms with E-state index in [1.54, 1.807) is 13.3 Å². The van der Waals surface area contributed by atoms with Crippen LogP contribution < -0.4 is 10.1 Å². The van der Waals surface area contributed by atoms with E-state index in [1.165, 1.54) is 0 Å². The van der Waals surface area contributed by atoms with Gasteiger partial charge in [-0.3, -0.25) is 0 Å². The average Bonchev–Trinajstić information content (AvgIpc) is 2.46. The molecular formula is C15H16N2O. The van der Waals surface area contributed by atoms with Crippen LogP contribution in [0.4, 0.5) is 5.69 Å². The molecule has 2 rings (SSSR count). The maximum Gasteiger partial charge on any atom is 0.213 e. The first kappa shape index (κ1) is 12.2. The van der Waals surface area contributed by atoms with Crippen molar-refractivity contribution in [3.05, 3.63) is 60.8 Å². The average molecular weight is 240 g/mol. The summed E-state index contributed by atoms with van der Waals surface area (Å²) in [5.74, 6) is 0.613. The van der Waals surface area contributed by atoms with Crippen LogP contribution in [0, 0.1) is 0 Å². The van der Waals surface area contributed by atoms with Crippen molar-refractivity contribution in [3.8, 4) is 5.88 Å². The lowest BCUT2D eigenvalue weighted by Gasteiger charge is -2.09. The fourth-order valence-corrected chi connectivity index (χ4v) is 1.59. The zero-order valence-corrected chi connectivity index (χ0v) is 10.4. The Hall–Kier alpha value is -2.29. The molecule has 0 spiro atoms. The van der Waals surface area contributed by atoms with Gasteiger partial charge in [0.25, 0.3) is 0 Å². The van der Waals surface area contributed by atoms with Crippen molar-refractivity contribution in [1.82, 2.24) is 4.98 Å². The maximum atomic E-state index is 5.01. The van der Waals surface area contributed by atoms with E-state index in [9.17, 15) is 0 Å². The second kappa shape index (κ2) is 5.87. The van der Waals surface area contributed by atoms with Crippen LogP contribution in [0.3, 0.4) is 0 Å². The summed E-state index contributed by atoms with van der Waals surface area (Å²) in [6.07, 6.45) is 1.75. The minimum absolute atomic E-state index is 0.613. The third-order valence-electron chi connectivity index (χ3n) is 2.63. The number of nitrogens with zero attached hydrogens (tertiary/aromatic N) is 1. The van der Waals surface area contributed by atoms with Crippen molar-refractivity contribution in [2.75, 3.05) is 19.0 Å². The lowest BCUT2D eigenvalue weighted by Crippen LogP contribution is -2.03. The number of hydrogen-bond acceptors (Lipinski definition) is 3. The highest BCUT2D eigenvalue weighted by Crippen LogP contribution is 2.15.